The predicted octanol–water partition coefficient (Wildman–Crippen LogP) is 4.91. The smallest absolute Gasteiger partial charge is 0.259 e. The number of nitrogens with one attached hydrogen (secondary N) is 1. The molecule has 2 aromatic heterocycles. The number of carbonyl (C=O) groups is 2. The van der Waals surface area contributed by atoms with Crippen LogP contribution in [0.5, 0.6) is 0 Å². The van der Waals surface area contributed by atoms with Crippen molar-refractivity contribution in [1.29, 1.82) is 0 Å². The van der Waals surface area contributed by atoms with Crippen LogP contribution in [0.25, 0.3) is 11.5 Å². The van der Waals surface area contributed by atoms with Crippen LogP contribution >= 0.6 is 0 Å². The Morgan fingerprint density at radius 3 is 2.53 bits per heavy atom. The lowest BCUT2D eigenvalue weighted by Gasteiger charge is -2.32. The fraction of sp³-hybridized carbons (Fsp3) is 0.250. The molecule has 1 saturated heterocycles. The van der Waals surface area contributed by atoms with Gasteiger partial charge in [0.2, 0.25) is 5.91 Å². The van der Waals surface area contributed by atoms with E-state index in [9.17, 15) is 14.0 Å². The van der Waals surface area contributed by atoms with Gasteiger partial charge in [-0.25, -0.2) is 9.07 Å². The van der Waals surface area contributed by atoms with E-state index in [0.717, 1.165) is 29.7 Å². The number of benzene rings is 2. The molecule has 3 heterocycles. The first kappa shape index (κ1) is 23.5. The van der Waals surface area contributed by atoms with E-state index in [1.807, 2.05) is 61.1 Å². The Balaban J connectivity index is 1.39. The molecule has 2 aromatic carbocycles. The van der Waals surface area contributed by atoms with Gasteiger partial charge in [0.15, 0.2) is 5.82 Å². The average molecular weight is 486 g/mol. The SMILES string of the molecule is Cc1ccc(NC(=O)[C@@H]2CCCN(C(=O)c3cnn(-c4ccc(F)cc4)c3-n3cccc3)C2)c(C)c1. The summed E-state index contributed by atoms with van der Waals surface area (Å²) in [5.74, 6) is -0.338. The van der Waals surface area contributed by atoms with Crippen LogP contribution in [0.3, 0.4) is 0 Å². The van der Waals surface area contributed by atoms with Gasteiger partial charge in [0, 0.05) is 31.2 Å². The molecule has 1 aliphatic rings. The van der Waals surface area contributed by atoms with E-state index in [1.54, 1.807) is 27.9 Å². The van der Waals surface area contributed by atoms with E-state index in [-0.39, 0.29) is 23.5 Å². The standard InChI is InChI=1S/C28H28FN5O2/c1-19-7-12-25(20(2)16-19)31-26(35)21-6-5-15-33(18-21)28(36)24-17-30-34(23-10-8-22(29)9-11-23)27(24)32-13-3-4-14-32/h3-4,7-14,16-17,21H,5-6,15,18H2,1-2H3,(H,31,35)/t21-/m1/s1. The highest BCUT2D eigenvalue weighted by atomic mass is 19.1. The summed E-state index contributed by atoms with van der Waals surface area (Å²) in [5.41, 5.74) is 4.01. The third kappa shape index (κ3) is 4.66. The van der Waals surface area contributed by atoms with Gasteiger partial charge in [-0.15, -0.1) is 0 Å². The maximum atomic E-state index is 13.7. The minimum Gasteiger partial charge on any atom is -0.338 e. The summed E-state index contributed by atoms with van der Waals surface area (Å²) in [6, 6.07) is 15.6. The molecule has 36 heavy (non-hydrogen) atoms. The molecular formula is C28H28FN5O2. The fourth-order valence-corrected chi connectivity index (χ4v) is 4.72. The minimum atomic E-state index is -0.344. The summed E-state index contributed by atoms with van der Waals surface area (Å²) in [4.78, 5) is 28.5. The summed E-state index contributed by atoms with van der Waals surface area (Å²) in [6.07, 6.45) is 6.68. The van der Waals surface area contributed by atoms with Gasteiger partial charge in [-0.3, -0.25) is 9.59 Å². The number of likely N-dealkylation sites (tertiary alicyclic amines) is 1. The molecule has 0 saturated carbocycles. The van der Waals surface area contributed by atoms with Crippen molar-refractivity contribution in [2.45, 2.75) is 26.7 Å². The monoisotopic (exact) mass is 485 g/mol. The molecule has 4 aromatic rings. The average Bonchev–Trinajstić information content (AvgIpc) is 3.56. The van der Waals surface area contributed by atoms with E-state index >= 15 is 0 Å². The highest BCUT2D eigenvalue weighted by Gasteiger charge is 2.31. The van der Waals surface area contributed by atoms with Crippen LogP contribution in [0.4, 0.5) is 10.1 Å². The third-order valence-corrected chi connectivity index (χ3v) is 6.61. The number of aromatic nitrogens is 3. The van der Waals surface area contributed by atoms with Gasteiger partial charge in [0.05, 0.1) is 17.8 Å². The van der Waals surface area contributed by atoms with Crippen LogP contribution in [-0.2, 0) is 4.79 Å². The number of anilines is 1. The van der Waals surface area contributed by atoms with Crippen LogP contribution in [0, 0.1) is 25.6 Å². The fourth-order valence-electron chi connectivity index (χ4n) is 4.72. The van der Waals surface area contributed by atoms with E-state index in [2.05, 4.69) is 10.4 Å². The van der Waals surface area contributed by atoms with E-state index in [0.29, 0.717) is 30.2 Å². The lowest BCUT2D eigenvalue weighted by atomic mass is 9.96. The number of hydrogen-bond donors (Lipinski definition) is 1. The number of aryl methyl sites for hydroxylation is 2. The zero-order chi connectivity index (χ0) is 25.2. The quantitative estimate of drug-likeness (QED) is 0.437. The Bertz CT molecular complexity index is 1390. The third-order valence-electron chi connectivity index (χ3n) is 6.61. The number of rotatable bonds is 5. The van der Waals surface area contributed by atoms with Crippen LogP contribution in [0.15, 0.2) is 73.2 Å². The van der Waals surface area contributed by atoms with Crippen LogP contribution in [0.2, 0.25) is 0 Å². The second-order valence-corrected chi connectivity index (χ2v) is 9.26. The Kier molecular flexibility index (Phi) is 6.41. The van der Waals surface area contributed by atoms with Crippen LogP contribution in [-0.4, -0.2) is 44.2 Å². The van der Waals surface area contributed by atoms with Crippen LogP contribution in [0.1, 0.15) is 34.3 Å². The lowest BCUT2D eigenvalue weighted by Crippen LogP contribution is -2.44. The van der Waals surface area contributed by atoms with Crippen molar-refractivity contribution in [1.82, 2.24) is 19.2 Å². The summed E-state index contributed by atoms with van der Waals surface area (Å²) < 4.78 is 16.9. The number of nitrogens with zero attached hydrogens (tertiary/aromatic N) is 4. The summed E-state index contributed by atoms with van der Waals surface area (Å²) >= 11 is 0. The zero-order valence-corrected chi connectivity index (χ0v) is 20.3. The minimum absolute atomic E-state index is 0.0768. The molecule has 1 atom stereocenters. The summed E-state index contributed by atoms with van der Waals surface area (Å²) in [6.45, 7) is 4.89. The summed E-state index contributed by atoms with van der Waals surface area (Å²) in [7, 11) is 0. The number of carbonyl (C=O) groups excluding carboxylic acids is 2. The van der Waals surface area contributed by atoms with Gasteiger partial charge in [-0.2, -0.15) is 5.10 Å². The van der Waals surface area contributed by atoms with Gasteiger partial charge in [-0.05, 0) is 74.7 Å². The molecule has 0 spiro atoms. The van der Waals surface area contributed by atoms with Crippen molar-refractivity contribution in [3.8, 4) is 11.5 Å². The first-order valence-corrected chi connectivity index (χ1v) is 12.1. The largest absolute Gasteiger partial charge is 0.338 e. The molecule has 1 N–H and O–H groups in total. The first-order chi connectivity index (χ1) is 17.4. The van der Waals surface area contributed by atoms with Gasteiger partial charge in [-0.1, -0.05) is 17.7 Å². The molecule has 7 nitrogen and oxygen atoms in total. The number of piperidine rings is 1. The molecule has 1 fully saturated rings. The van der Waals surface area contributed by atoms with Crippen molar-refractivity contribution in [3.63, 3.8) is 0 Å². The van der Waals surface area contributed by atoms with E-state index in [4.69, 9.17) is 0 Å². The number of halogens is 1. The van der Waals surface area contributed by atoms with Gasteiger partial charge >= 0.3 is 0 Å². The Morgan fingerprint density at radius 2 is 1.81 bits per heavy atom. The molecule has 1 aliphatic heterocycles. The number of hydrogen-bond acceptors (Lipinski definition) is 3. The lowest BCUT2D eigenvalue weighted by molar-refractivity contribution is -0.121. The van der Waals surface area contributed by atoms with Crippen molar-refractivity contribution >= 4 is 17.5 Å². The van der Waals surface area contributed by atoms with E-state index in [1.165, 1.54) is 12.1 Å². The molecule has 8 heteroatoms. The maximum Gasteiger partial charge on any atom is 0.259 e. The van der Waals surface area contributed by atoms with Gasteiger partial charge in [0.25, 0.3) is 5.91 Å². The Hall–Kier alpha value is -4.20. The normalized spacial score (nSPS) is 15.6. The highest BCUT2D eigenvalue weighted by molar-refractivity contribution is 5.98. The second kappa shape index (κ2) is 9.81. The highest BCUT2D eigenvalue weighted by Crippen LogP contribution is 2.26. The molecule has 5 rings (SSSR count). The molecule has 0 aliphatic carbocycles. The predicted molar refractivity (Wildman–Crippen MR) is 136 cm³/mol. The summed E-state index contributed by atoms with van der Waals surface area (Å²) in [5, 5.41) is 7.50. The zero-order valence-electron chi connectivity index (χ0n) is 20.3. The molecule has 0 bridgehead atoms. The first-order valence-electron chi connectivity index (χ1n) is 12.1. The van der Waals surface area contributed by atoms with Crippen LogP contribution < -0.4 is 5.32 Å². The maximum absolute atomic E-state index is 13.7. The Labute approximate surface area is 209 Å². The second-order valence-electron chi connectivity index (χ2n) is 9.26. The molecule has 184 valence electrons. The van der Waals surface area contributed by atoms with Gasteiger partial charge < -0.3 is 14.8 Å². The Morgan fingerprint density at radius 1 is 1.06 bits per heavy atom. The molecule has 0 unspecified atom stereocenters. The molecule has 0 radical (unpaired) electrons. The van der Waals surface area contributed by atoms with Crippen molar-refractivity contribution in [2.75, 3.05) is 18.4 Å². The van der Waals surface area contributed by atoms with Crippen molar-refractivity contribution in [3.05, 3.63) is 95.7 Å². The van der Waals surface area contributed by atoms with E-state index < -0.39 is 0 Å². The van der Waals surface area contributed by atoms with Crippen molar-refractivity contribution < 1.29 is 14.0 Å². The molecular weight excluding hydrogens is 457 g/mol. The molecule has 2 amide bonds. The number of amides is 2. The van der Waals surface area contributed by atoms with Gasteiger partial charge in [0.1, 0.15) is 11.4 Å². The topological polar surface area (TPSA) is 72.2 Å². The van der Waals surface area contributed by atoms with Crippen molar-refractivity contribution in [2.24, 2.45) is 5.92 Å².